The SMILES string of the molecule is O=S(=O)(O)c1ccc(C(O)(c2ccccc2)c2ccccc2)cc1. The molecule has 0 saturated heterocycles. The smallest absolute Gasteiger partial charge is 0.294 e. The van der Waals surface area contributed by atoms with Crippen molar-refractivity contribution in [2.75, 3.05) is 0 Å². The van der Waals surface area contributed by atoms with E-state index >= 15 is 0 Å². The van der Waals surface area contributed by atoms with Gasteiger partial charge in [-0.2, -0.15) is 8.42 Å². The van der Waals surface area contributed by atoms with Crippen LogP contribution in [0.5, 0.6) is 0 Å². The first-order chi connectivity index (χ1) is 11.4. The number of rotatable bonds is 4. The highest BCUT2D eigenvalue weighted by Gasteiger charge is 2.33. The summed E-state index contributed by atoms with van der Waals surface area (Å²) >= 11 is 0. The number of hydrogen-bond acceptors (Lipinski definition) is 3. The Labute approximate surface area is 140 Å². The average Bonchev–Trinajstić information content (AvgIpc) is 2.62. The van der Waals surface area contributed by atoms with Gasteiger partial charge in [0.15, 0.2) is 0 Å². The molecule has 0 saturated carbocycles. The van der Waals surface area contributed by atoms with E-state index < -0.39 is 15.7 Å². The van der Waals surface area contributed by atoms with Crippen molar-refractivity contribution in [2.24, 2.45) is 0 Å². The van der Waals surface area contributed by atoms with Crippen molar-refractivity contribution >= 4 is 10.1 Å². The van der Waals surface area contributed by atoms with Gasteiger partial charge in [0.2, 0.25) is 0 Å². The van der Waals surface area contributed by atoms with Gasteiger partial charge in [-0.05, 0) is 28.8 Å². The third kappa shape index (κ3) is 2.97. The molecule has 24 heavy (non-hydrogen) atoms. The van der Waals surface area contributed by atoms with E-state index in [0.717, 1.165) is 0 Å². The summed E-state index contributed by atoms with van der Waals surface area (Å²) in [5.74, 6) is 0. The van der Waals surface area contributed by atoms with Crippen LogP contribution >= 0.6 is 0 Å². The number of hydrogen-bond donors (Lipinski definition) is 2. The molecule has 0 atom stereocenters. The Hall–Kier alpha value is -2.47. The second kappa shape index (κ2) is 6.20. The number of benzene rings is 3. The standard InChI is InChI=1S/C19H16O4S/c20-19(15-7-3-1-4-8-15,16-9-5-2-6-10-16)17-11-13-18(14-12-17)24(21,22)23/h1-14,20H,(H,21,22,23). The van der Waals surface area contributed by atoms with E-state index in [-0.39, 0.29) is 4.90 Å². The summed E-state index contributed by atoms with van der Waals surface area (Å²) in [6, 6.07) is 23.8. The van der Waals surface area contributed by atoms with Gasteiger partial charge in [0.05, 0.1) is 4.90 Å². The molecule has 3 aromatic rings. The highest BCUT2D eigenvalue weighted by Crippen LogP contribution is 2.36. The van der Waals surface area contributed by atoms with Crippen LogP contribution in [-0.2, 0) is 15.7 Å². The van der Waals surface area contributed by atoms with Crippen molar-refractivity contribution in [3.8, 4) is 0 Å². The largest absolute Gasteiger partial charge is 0.376 e. The van der Waals surface area contributed by atoms with Crippen LogP contribution in [-0.4, -0.2) is 18.1 Å². The molecule has 122 valence electrons. The van der Waals surface area contributed by atoms with E-state index in [0.29, 0.717) is 16.7 Å². The zero-order chi connectivity index (χ0) is 17.2. The normalized spacial score (nSPS) is 12.1. The van der Waals surface area contributed by atoms with Crippen molar-refractivity contribution in [3.05, 3.63) is 102 Å². The van der Waals surface area contributed by atoms with E-state index in [4.69, 9.17) is 4.55 Å². The molecule has 3 rings (SSSR count). The third-order valence-electron chi connectivity index (χ3n) is 3.95. The van der Waals surface area contributed by atoms with E-state index in [1.807, 2.05) is 60.7 Å². The minimum Gasteiger partial charge on any atom is -0.376 e. The quantitative estimate of drug-likeness (QED) is 0.565. The highest BCUT2D eigenvalue weighted by atomic mass is 32.2. The van der Waals surface area contributed by atoms with Crippen molar-refractivity contribution in [2.45, 2.75) is 10.5 Å². The van der Waals surface area contributed by atoms with E-state index in [2.05, 4.69) is 0 Å². The van der Waals surface area contributed by atoms with Crippen LogP contribution in [0.1, 0.15) is 16.7 Å². The minimum absolute atomic E-state index is 0.213. The Morgan fingerprint density at radius 1 is 0.625 bits per heavy atom. The maximum absolute atomic E-state index is 11.5. The van der Waals surface area contributed by atoms with Gasteiger partial charge < -0.3 is 5.11 Å². The summed E-state index contributed by atoms with van der Waals surface area (Å²) in [7, 11) is -4.28. The maximum atomic E-state index is 11.5. The lowest BCUT2D eigenvalue weighted by Gasteiger charge is -2.30. The van der Waals surface area contributed by atoms with Gasteiger partial charge in [0, 0.05) is 0 Å². The molecule has 0 aliphatic carbocycles. The highest BCUT2D eigenvalue weighted by molar-refractivity contribution is 7.85. The van der Waals surface area contributed by atoms with Gasteiger partial charge in [-0.1, -0.05) is 72.8 Å². The van der Waals surface area contributed by atoms with Crippen LogP contribution in [0.3, 0.4) is 0 Å². The first-order valence-electron chi connectivity index (χ1n) is 7.34. The Bertz CT molecular complexity index is 879. The molecule has 0 aromatic heterocycles. The Morgan fingerprint density at radius 2 is 1.00 bits per heavy atom. The summed E-state index contributed by atoms with van der Waals surface area (Å²) in [6.07, 6.45) is 0. The molecular formula is C19H16O4S. The van der Waals surface area contributed by atoms with Crippen LogP contribution in [0.4, 0.5) is 0 Å². The predicted octanol–water partition coefficient (Wildman–Crippen LogP) is 3.22. The molecule has 0 heterocycles. The maximum Gasteiger partial charge on any atom is 0.294 e. The zero-order valence-electron chi connectivity index (χ0n) is 12.7. The monoisotopic (exact) mass is 340 g/mol. The van der Waals surface area contributed by atoms with Gasteiger partial charge in [-0.3, -0.25) is 4.55 Å². The molecule has 2 N–H and O–H groups in total. The molecule has 0 bridgehead atoms. The molecule has 0 radical (unpaired) electrons. The summed E-state index contributed by atoms with van der Waals surface area (Å²) in [5.41, 5.74) is 0.402. The van der Waals surface area contributed by atoms with Crippen molar-refractivity contribution in [1.82, 2.24) is 0 Å². The molecule has 0 spiro atoms. The van der Waals surface area contributed by atoms with Crippen LogP contribution in [0.25, 0.3) is 0 Å². The van der Waals surface area contributed by atoms with Crippen LogP contribution in [0.15, 0.2) is 89.8 Å². The molecular weight excluding hydrogens is 324 g/mol. The molecule has 5 heteroatoms. The van der Waals surface area contributed by atoms with Gasteiger partial charge in [0.25, 0.3) is 10.1 Å². The third-order valence-corrected chi connectivity index (χ3v) is 4.82. The summed E-state index contributed by atoms with van der Waals surface area (Å²) in [6.45, 7) is 0. The fourth-order valence-electron chi connectivity index (χ4n) is 2.73. The Balaban J connectivity index is 2.20. The van der Waals surface area contributed by atoms with Crippen molar-refractivity contribution in [3.63, 3.8) is 0 Å². The molecule has 0 fully saturated rings. The minimum atomic E-state index is -4.28. The fraction of sp³-hybridized carbons (Fsp3) is 0.0526. The summed E-state index contributed by atoms with van der Waals surface area (Å²) in [4.78, 5) is -0.213. The van der Waals surface area contributed by atoms with Gasteiger partial charge in [0.1, 0.15) is 5.60 Å². The Morgan fingerprint density at radius 3 is 1.38 bits per heavy atom. The summed E-state index contributed by atoms with van der Waals surface area (Å²) in [5, 5.41) is 11.5. The van der Waals surface area contributed by atoms with Crippen molar-refractivity contribution < 1.29 is 18.1 Å². The lowest BCUT2D eigenvalue weighted by Crippen LogP contribution is -2.28. The first kappa shape index (κ1) is 16.4. The van der Waals surface area contributed by atoms with Gasteiger partial charge >= 0.3 is 0 Å². The molecule has 0 aliphatic heterocycles. The van der Waals surface area contributed by atoms with Crippen LogP contribution < -0.4 is 0 Å². The second-order valence-electron chi connectivity index (χ2n) is 5.44. The average molecular weight is 340 g/mol. The predicted molar refractivity (Wildman–Crippen MR) is 91.2 cm³/mol. The molecule has 3 aromatic carbocycles. The number of aliphatic hydroxyl groups is 1. The molecule has 0 amide bonds. The lowest BCUT2D eigenvalue weighted by molar-refractivity contribution is 0.125. The lowest BCUT2D eigenvalue weighted by atomic mass is 9.80. The van der Waals surface area contributed by atoms with E-state index in [9.17, 15) is 13.5 Å². The zero-order valence-corrected chi connectivity index (χ0v) is 13.5. The Kier molecular flexibility index (Phi) is 4.24. The molecule has 0 unspecified atom stereocenters. The second-order valence-corrected chi connectivity index (χ2v) is 6.86. The van der Waals surface area contributed by atoms with Gasteiger partial charge in [-0.15, -0.1) is 0 Å². The van der Waals surface area contributed by atoms with Crippen LogP contribution in [0.2, 0.25) is 0 Å². The van der Waals surface area contributed by atoms with E-state index in [1.165, 1.54) is 24.3 Å². The van der Waals surface area contributed by atoms with Crippen molar-refractivity contribution in [1.29, 1.82) is 0 Å². The summed E-state index contributed by atoms with van der Waals surface area (Å²) < 4.78 is 31.6. The fourth-order valence-corrected chi connectivity index (χ4v) is 3.21. The first-order valence-corrected chi connectivity index (χ1v) is 8.78. The molecule has 4 nitrogen and oxygen atoms in total. The van der Waals surface area contributed by atoms with Crippen LogP contribution in [0, 0.1) is 0 Å². The van der Waals surface area contributed by atoms with Gasteiger partial charge in [-0.25, -0.2) is 0 Å². The molecule has 0 aliphatic rings. The topological polar surface area (TPSA) is 74.6 Å². The van der Waals surface area contributed by atoms with E-state index in [1.54, 1.807) is 0 Å².